The number of hydrogen-bond acceptors (Lipinski definition) is 8. The summed E-state index contributed by atoms with van der Waals surface area (Å²) in [5.41, 5.74) is 0.644. The third kappa shape index (κ3) is 8.17. The Hall–Kier alpha value is -1.89. The quantitative estimate of drug-likeness (QED) is 0.342. The molecule has 1 aromatic heterocycles. The fourth-order valence-corrected chi connectivity index (χ4v) is 3.83. The smallest absolute Gasteiger partial charge is 0.246 e. The highest BCUT2D eigenvalue weighted by Crippen LogP contribution is 2.10. The zero-order valence-corrected chi connectivity index (χ0v) is 17.4. The first-order valence-electron chi connectivity index (χ1n) is 9.38. The van der Waals surface area contributed by atoms with Gasteiger partial charge in [0.05, 0.1) is 44.5 Å². The summed E-state index contributed by atoms with van der Waals surface area (Å²) in [7, 11) is -2.97. The first kappa shape index (κ1) is 23.4. The SMILES string of the molecule is C=C(C)C(=O)NCCOCCOCCn1nnc(CN2CCS(=O)(=O)CC2)c1F. The molecule has 0 spiro atoms. The molecule has 1 aromatic rings. The molecular weight excluding hydrogens is 405 g/mol. The van der Waals surface area contributed by atoms with Crippen LogP contribution < -0.4 is 5.32 Å². The van der Waals surface area contributed by atoms with Crippen LogP contribution in [0.3, 0.4) is 0 Å². The van der Waals surface area contributed by atoms with Gasteiger partial charge in [-0.25, -0.2) is 13.1 Å². The van der Waals surface area contributed by atoms with Crippen molar-refractivity contribution in [3.8, 4) is 0 Å². The van der Waals surface area contributed by atoms with Crippen molar-refractivity contribution in [2.75, 3.05) is 57.6 Å². The molecule has 2 heterocycles. The molecule has 164 valence electrons. The minimum atomic E-state index is -2.97. The fraction of sp³-hybridized carbons (Fsp3) is 0.706. The molecule has 0 radical (unpaired) electrons. The lowest BCUT2D eigenvalue weighted by Crippen LogP contribution is -2.39. The number of amides is 1. The summed E-state index contributed by atoms with van der Waals surface area (Å²) in [6.07, 6.45) is 0. The Bertz CT molecular complexity index is 784. The molecule has 1 amide bonds. The van der Waals surface area contributed by atoms with Gasteiger partial charge in [0.1, 0.15) is 5.69 Å². The summed E-state index contributed by atoms with van der Waals surface area (Å²) in [4.78, 5) is 13.1. The van der Waals surface area contributed by atoms with E-state index in [1.54, 1.807) is 6.92 Å². The third-order valence-electron chi connectivity index (χ3n) is 4.29. The number of halogens is 1. The second-order valence-electron chi connectivity index (χ2n) is 6.74. The van der Waals surface area contributed by atoms with E-state index in [1.807, 2.05) is 4.90 Å². The topological polar surface area (TPSA) is 116 Å². The van der Waals surface area contributed by atoms with E-state index >= 15 is 0 Å². The van der Waals surface area contributed by atoms with Gasteiger partial charge >= 0.3 is 0 Å². The van der Waals surface area contributed by atoms with E-state index in [9.17, 15) is 17.6 Å². The highest BCUT2D eigenvalue weighted by atomic mass is 32.2. The van der Waals surface area contributed by atoms with E-state index in [4.69, 9.17) is 9.47 Å². The van der Waals surface area contributed by atoms with Crippen LogP contribution in [0.1, 0.15) is 12.6 Å². The number of aromatic nitrogens is 3. The molecule has 1 saturated heterocycles. The molecule has 12 heteroatoms. The minimum absolute atomic E-state index is 0.0823. The van der Waals surface area contributed by atoms with Gasteiger partial charge in [-0.15, -0.1) is 5.10 Å². The van der Waals surface area contributed by atoms with Crippen molar-refractivity contribution in [1.82, 2.24) is 25.2 Å². The van der Waals surface area contributed by atoms with Crippen LogP contribution in [0, 0.1) is 5.95 Å². The van der Waals surface area contributed by atoms with E-state index < -0.39 is 15.8 Å². The van der Waals surface area contributed by atoms with Gasteiger partial charge in [-0.05, 0) is 6.92 Å². The number of nitrogens with zero attached hydrogens (tertiary/aromatic N) is 4. The first-order chi connectivity index (χ1) is 13.8. The Morgan fingerprint density at radius 3 is 2.52 bits per heavy atom. The summed E-state index contributed by atoms with van der Waals surface area (Å²) < 4.78 is 49.1. The summed E-state index contributed by atoms with van der Waals surface area (Å²) in [6.45, 7) is 8.04. The molecule has 1 aliphatic rings. The predicted molar refractivity (Wildman–Crippen MR) is 103 cm³/mol. The molecule has 0 aromatic carbocycles. The van der Waals surface area contributed by atoms with Crippen LogP contribution in [0.15, 0.2) is 12.2 Å². The van der Waals surface area contributed by atoms with E-state index in [1.165, 1.54) is 0 Å². The molecule has 0 atom stereocenters. The molecule has 0 bridgehead atoms. The standard InChI is InChI=1S/C17H28FN5O5S/c1-14(2)17(24)19-3-7-27-9-10-28-8-4-23-16(18)15(20-21-23)13-22-5-11-29(25,26)12-6-22/h1,3-13H2,2H3,(H,19,24). The highest BCUT2D eigenvalue weighted by molar-refractivity contribution is 7.91. The Morgan fingerprint density at radius 1 is 1.21 bits per heavy atom. The van der Waals surface area contributed by atoms with Gasteiger partial charge in [0.2, 0.25) is 11.9 Å². The molecule has 0 aliphatic carbocycles. The summed E-state index contributed by atoms with van der Waals surface area (Å²) in [5.74, 6) is -0.575. The number of nitrogens with one attached hydrogen (secondary N) is 1. The minimum Gasteiger partial charge on any atom is -0.377 e. The number of sulfone groups is 1. The zero-order valence-electron chi connectivity index (χ0n) is 16.6. The Morgan fingerprint density at radius 2 is 1.86 bits per heavy atom. The van der Waals surface area contributed by atoms with Gasteiger partial charge < -0.3 is 14.8 Å². The fourth-order valence-electron chi connectivity index (χ4n) is 2.56. The summed E-state index contributed by atoms with van der Waals surface area (Å²) in [5, 5.41) is 10.3. The normalized spacial score (nSPS) is 16.6. The maximum Gasteiger partial charge on any atom is 0.246 e. The molecule has 0 unspecified atom stereocenters. The molecule has 0 saturated carbocycles. The van der Waals surface area contributed by atoms with Crippen molar-refractivity contribution >= 4 is 15.7 Å². The van der Waals surface area contributed by atoms with Crippen molar-refractivity contribution in [3.63, 3.8) is 0 Å². The van der Waals surface area contributed by atoms with Gasteiger partial charge in [0.25, 0.3) is 0 Å². The van der Waals surface area contributed by atoms with Crippen LogP contribution in [0.25, 0.3) is 0 Å². The van der Waals surface area contributed by atoms with Gasteiger partial charge in [0.15, 0.2) is 9.84 Å². The van der Waals surface area contributed by atoms with E-state index in [-0.39, 0.29) is 42.8 Å². The van der Waals surface area contributed by atoms with Crippen LogP contribution in [0.2, 0.25) is 0 Å². The van der Waals surface area contributed by atoms with Crippen LogP contribution in [-0.2, 0) is 37.2 Å². The molecule has 1 fully saturated rings. The number of rotatable bonds is 12. The van der Waals surface area contributed by atoms with Crippen molar-refractivity contribution in [1.29, 1.82) is 0 Å². The number of carbonyl (C=O) groups is 1. The summed E-state index contributed by atoms with van der Waals surface area (Å²) in [6, 6.07) is 0. The van der Waals surface area contributed by atoms with Crippen molar-refractivity contribution in [3.05, 3.63) is 23.8 Å². The van der Waals surface area contributed by atoms with Crippen LogP contribution >= 0.6 is 0 Å². The third-order valence-corrected chi connectivity index (χ3v) is 5.90. The average Bonchev–Trinajstić information content (AvgIpc) is 3.01. The van der Waals surface area contributed by atoms with Gasteiger partial charge in [0, 0.05) is 31.8 Å². The Kier molecular flexibility index (Phi) is 9.14. The second-order valence-corrected chi connectivity index (χ2v) is 9.04. The van der Waals surface area contributed by atoms with Crippen LogP contribution in [0.5, 0.6) is 0 Å². The summed E-state index contributed by atoms with van der Waals surface area (Å²) >= 11 is 0. The highest BCUT2D eigenvalue weighted by Gasteiger charge is 2.24. The van der Waals surface area contributed by atoms with Crippen molar-refractivity contribution in [2.24, 2.45) is 0 Å². The monoisotopic (exact) mass is 433 g/mol. The Balaban J connectivity index is 1.57. The zero-order chi connectivity index (χ0) is 21.3. The molecule has 1 aliphatic heterocycles. The first-order valence-corrected chi connectivity index (χ1v) is 11.2. The maximum atomic E-state index is 14.3. The Labute approximate surface area is 169 Å². The molecule has 29 heavy (non-hydrogen) atoms. The van der Waals surface area contributed by atoms with E-state index in [0.29, 0.717) is 45.0 Å². The van der Waals surface area contributed by atoms with Gasteiger partial charge in [-0.3, -0.25) is 9.69 Å². The van der Waals surface area contributed by atoms with Crippen LogP contribution in [0.4, 0.5) is 4.39 Å². The number of ether oxygens (including phenoxy) is 2. The van der Waals surface area contributed by atoms with Gasteiger partial charge in [-0.1, -0.05) is 11.8 Å². The van der Waals surface area contributed by atoms with Crippen molar-refractivity contribution in [2.45, 2.75) is 20.0 Å². The number of carbonyl (C=O) groups excluding carboxylic acids is 1. The van der Waals surface area contributed by atoms with E-state index in [0.717, 1.165) is 4.68 Å². The lowest BCUT2D eigenvalue weighted by molar-refractivity contribution is -0.117. The molecule has 1 N–H and O–H groups in total. The second kappa shape index (κ2) is 11.3. The lowest BCUT2D eigenvalue weighted by atomic mass is 10.3. The average molecular weight is 434 g/mol. The van der Waals surface area contributed by atoms with Crippen molar-refractivity contribution < 1.29 is 27.1 Å². The lowest BCUT2D eigenvalue weighted by Gasteiger charge is -2.25. The van der Waals surface area contributed by atoms with E-state index in [2.05, 4.69) is 22.2 Å². The van der Waals surface area contributed by atoms with Crippen LogP contribution in [-0.4, -0.2) is 91.8 Å². The predicted octanol–water partition coefficient (Wildman–Crippen LogP) is -0.627. The van der Waals surface area contributed by atoms with Gasteiger partial charge in [-0.2, -0.15) is 4.39 Å². The molecule has 10 nitrogen and oxygen atoms in total. The maximum absolute atomic E-state index is 14.3. The molecule has 2 rings (SSSR count). The molecular formula is C17H28FN5O5S. The number of hydrogen-bond donors (Lipinski definition) is 1. The largest absolute Gasteiger partial charge is 0.377 e.